The molecule has 3 heteroatoms. The number of rotatable bonds is 4. The fraction of sp³-hybridized carbons (Fsp3) is 0.500. The van der Waals surface area contributed by atoms with Crippen LogP contribution >= 0.6 is 11.6 Å². The number of oxazole rings is 1. The molecular formula is C14H18ClNO. The second kappa shape index (κ2) is 4.69. The van der Waals surface area contributed by atoms with Gasteiger partial charge in [0.05, 0.1) is 0 Å². The maximum atomic E-state index is 6.43. The Hall–Kier alpha value is -1.02. The molecule has 0 fully saturated rings. The lowest BCUT2D eigenvalue weighted by Crippen LogP contribution is -2.25. The molecule has 0 aliphatic heterocycles. The zero-order valence-corrected chi connectivity index (χ0v) is 11.3. The Kier molecular flexibility index (Phi) is 3.43. The van der Waals surface area contributed by atoms with Crippen molar-refractivity contribution in [3.05, 3.63) is 30.2 Å². The van der Waals surface area contributed by atoms with Crippen LogP contribution < -0.4 is 0 Å². The normalized spacial score (nSPS) is 14.1. The van der Waals surface area contributed by atoms with E-state index in [1.165, 1.54) is 0 Å². The van der Waals surface area contributed by atoms with Crippen LogP contribution in [-0.4, -0.2) is 10.4 Å². The third-order valence-corrected chi connectivity index (χ3v) is 4.20. The molecule has 2 rings (SSSR count). The first-order valence-electron chi connectivity index (χ1n) is 6.01. The highest BCUT2D eigenvalue weighted by Crippen LogP contribution is 2.31. The summed E-state index contributed by atoms with van der Waals surface area (Å²) in [5.74, 6) is 0.729. The Bertz CT molecular complexity index is 471. The quantitative estimate of drug-likeness (QED) is 0.752. The highest BCUT2D eigenvalue weighted by Gasteiger charge is 2.27. The zero-order valence-electron chi connectivity index (χ0n) is 10.5. The van der Waals surface area contributed by atoms with Crippen molar-refractivity contribution in [3.63, 3.8) is 0 Å². The molecule has 0 N–H and O–H groups in total. The number of aromatic nitrogens is 1. The average Bonchev–Trinajstić information content (AvgIpc) is 2.70. The van der Waals surface area contributed by atoms with E-state index >= 15 is 0 Å². The van der Waals surface area contributed by atoms with Crippen molar-refractivity contribution < 1.29 is 4.42 Å². The van der Waals surface area contributed by atoms with E-state index in [4.69, 9.17) is 16.0 Å². The summed E-state index contributed by atoms with van der Waals surface area (Å²) in [6.45, 7) is 6.50. The summed E-state index contributed by atoms with van der Waals surface area (Å²) >= 11 is 6.43. The molecule has 0 aliphatic carbocycles. The number of alkyl halides is 1. The van der Waals surface area contributed by atoms with E-state index in [0.29, 0.717) is 6.42 Å². The molecule has 2 aromatic rings. The van der Waals surface area contributed by atoms with Crippen molar-refractivity contribution in [2.45, 2.75) is 39.0 Å². The minimum Gasteiger partial charge on any atom is -0.441 e. The fourth-order valence-electron chi connectivity index (χ4n) is 1.66. The molecule has 0 amide bonds. The van der Waals surface area contributed by atoms with Gasteiger partial charge in [-0.1, -0.05) is 32.9 Å². The van der Waals surface area contributed by atoms with Crippen LogP contribution in [-0.2, 0) is 6.42 Å². The maximum Gasteiger partial charge on any atom is 0.196 e. The second-order valence-electron chi connectivity index (χ2n) is 5.09. The Morgan fingerprint density at radius 2 is 2.06 bits per heavy atom. The average molecular weight is 252 g/mol. The third kappa shape index (κ3) is 2.63. The smallest absolute Gasteiger partial charge is 0.196 e. The van der Waals surface area contributed by atoms with E-state index in [-0.39, 0.29) is 10.8 Å². The third-order valence-electron chi connectivity index (χ3n) is 3.45. The molecule has 0 spiro atoms. The molecule has 0 radical (unpaired) electrons. The standard InChI is InChI=1S/C14H18ClNO/c1-4-14(2,3)12(15)9-13-16-10-7-5-6-8-11(10)17-13/h5-8,12H,4,9H2,1-3H3. The van der Waals surface area contributed by atoms with Crippen LogP contribution in [0.5, 0.6) is 0 Å². The van der Waals surface area contributed by atoms with Gasteiger partial charge in [-0.3, -0.25) is 0 Å². The number of benzene rings is 1. The summed E-state index contributed by atoms with van der Waals surface area (Å²) in [5, 5.41) is 0.0422. The fourth-order valence-corrected chi connectivity index (χ4v) is 1.94. The maximum absolute atomic E-state index is 6.43. The van der Waals surface area contributed by atoms with E-state index in [2.05, 4.69) is 25.8 Å². The van der Waals surface area contributed by atoms with Gasteiger partial charge in [-0.2, -0.15) is 0 Å². The Morgan fingerprint density at radius 1 is 1.35 bits per heavy atom. The van der Waals surface area contributed by atoms with E-state index < -0.39 is 0 Å². The summed E-state index contributed by atoms with van der Waals surface area (Å²) in [7, 11) is 0. The van der Waals surface area contributed by atoms with Crippen molar-refractivity contribution in [2.75, 3.05) is 0 Å². The molecule has 1 unspecified atom stereocenters. The van der Waals surface area contributed by atoms with Crippen molar-refractivity contribution in [2.24, 2.45) is 5.41 Å². The number of nitrogens with zero attached hydrogens (tertiary/aromatic N) is 1. The molecule has 0 aliphatic rings. The molecule has 1 aromatic carbocycles. The van der Waals surface area contributed by atoms with Crippen LogP contribution in [0.2, 0.25) is 0 Å². The summed E-state index contributed by atoms with van der Waals surface area (Å²) in [4.78, 5) is 4.45. The molecule has 0 saturated carbocycles. The van der Waals surface area contributed by atoms with E-state index in [9.17, 15) is 0 Å². The Morgan fingerprint density at radius 3 is 2.71 bits per heavy atom. The number of fused-ring (bicyclic) bond motifs is 1. The highest BCUT2D eigenvalue weighted by molar-refractivity contribution is 6.21. The summed E-state index contributed by atoms with van der Waals surface area (Å²) in [6.07, 6.45) is 1.72. The van der Waals surface area contributed by atoms with Crippen LogP contribution in [0, 0.1) is 5.41 Å². The van der Waals surface area contributed by atoms with E-state index in [1.54, 1.807) is 0 Å². The van der Waals surface area contributed by atoms with Crippen molar-refractivity contribution in [3.8, 4) is 0 Å². The Labute approximate surface area is 107 Å². The van der Waals surface area contributed by atoms with Gasteiger partial charge < -0.3 is 4.42 Å². The zero-order chi connectivity index (χ0) is 12.5. The first kappa shape index (κ1) is 12.4. The predicted octanol–water partition coefficient (Wildman–Crippen LogP) is 4.41. The van der Waals surface area contributed by atoms with Crippen LogP contribution in [0.15, 0.2) is 28.7 Å². The van der Waals surface area contributed by atoms with E-state index in [0.717, 1.165) is 23.4 Å². The number of halogens is 1. The van der Waals surface area contributed by atoms with Crippen LogP contribution in [0.1, 0.15) is 33.1 Å². The number of hydrogen-bond acceptors (Lipinski definition) is 2. The van der Waals surface area contributed by atoms with Gasteiger partial charge in [0.1, 0.15) is 5.52 Å². The lowest BCUT2D eigenvalue weighted by Gasteiger charge is -2.27. The summed E-state index contributed by atoms with van der Waals surface area (Å²) < 4.78 is 5.68. The molecule has 92 valence electrons. The number of hydrogen-bond donors (Lipinski definition) is 0. The van der Waals surface area contributed by atoms with Gasteiger partial charge in [0, 0.05) is 11.8 Å². The van der Waals surface area contributed by atoms with Gasteiger partial charge in [-0.05, 0) is 24.0 Å². The molecule has 1 aromatic heterocycles. The molecule has 0 bridgehead atoms. The molecule has 1 heterocycles. The SMILES string of the molecule is CCC(C)(C)C(Cl)Cc1nc2ccccc2o1. The lowest BCUT2D eigenvalue weighted by atomic mass is 9.84. The molecule has 2 nitrogen and oxygen atoms in total. The topological polar surface area (TPSA) is 26.0 Å². The minimum absolute atomic E-state index is 0.0422. The van der Waals surface area contributed by atoms with Gasteiger partial charge in [0.25, 0.3) is 0 Å². The molecule has 1 atom stereocenters. The van der Waals surface area contributed by atoms with Gasteiger partial charge in [0.15, 0.2) is 11.5 Å². The van der Waals surface area contributed by atoms with Crippen LogP contribution in [0.25, 0.3) is 11.1 Å². The molecule has 0 saturated heterocycles. The Balaban J connectivity index is 2.18. The highest BCUT2D eigenvalue weighted by atomic mass is 35.5. The predicted molar refractivity (Wildman–Crippen MR) is 71.4 cm³/mol. The van der Waals surface area contributed by atoms with Crippen molar-refractivity contribution >= 4 is 22.7 Å². The van der Waals surface area contributed by atoms with Crippen molar-refractivity contribution in [1.29, 1.82) is 0 Å². The molecular weight excluding hydrogens is 234 g/mol. The molecule has 17 heavy (non-hydrogen) atoms. The van der Waals surface area contributed by atoms with Gasteiger partial charge in [0.2, 0.25) is 0 Å². The summed E-state index contributed by atoms with van der Waals surface area (Å²) in [5.41, 5.74) is 1.84. The van der Waals surface area contributed by atoms with E-state index in [1.807, 2.05) is 24.3 Å². The van der Waals surface area contributed by atoms with Gasteiger partial charge >= 0.3 is 0 Å². The first-order valence-corrected chi connectivity index (χ1v) is 6.45. The lowest BCUT2D eigenvalue weighted by molar-refractivity contribution is 0.317. The number of para-hydroxylation sites is 2. The van der Waals surface area contributed by atoms with Gasteiger partial charge in [-0.15, -0.1) is 11.6 Å². The second-order valence-corrected chi connectivity index (χ2v) is 5.62. The monoisotopic (exact) mass is 251 g/mol. The summed E-state index contributed by atoms with van der Waals surface area (Å²) in [6, 6.07) is 7.80. The van der Waals surface area contributed by atoms with Crippen LogP contribution in [0.4, 0.5) is 0 Å². The minimum atomic E-state index is 0.0422. The van der Waals surface area contributed by atoms with Crippen molar-refractivity contribution in [1.82, 2.24) is 4.98 Å². The van der Waals surface area contributed by atoms with Crippen LogP contribution in [0.3, 0.4) is 0 Å². The largest absolute Gasteiger partial charge is 0.441 e. The van der Waals surface area contributed by atoms with Gasteiger partial charge in [-0.25, -0.2) is 4.98 Å². The first-order chi connectivity index (χ1) is 8.03.